The second-order valence-electron chi connectivity index (χ2n) is 4.07. The molecule has 20 heavy (non-hydrogen) atoms. The molecule has 0 spiro atoms. The van der Waals surface area contributed by atoms with Gasteiger partial charge in [-0.25, -0.2) is 13.1 Å². The van der Waals surface area contributed by atoms with Crippen molar-refractivity contribution in [3.8, 4) is 0 Å². The summed E-state index contributed by atoms with van der Waals surface area (Å²) in [6.45, 7) is 5.09. The van der Waals surface area contributed by atoms with Gasteiger partial charge in [-0.3, -0.25) is 4.79 Å². The van der Waals surface area contributed by atoms with E-state index in [1.165, 1.54) is 13.0 Å². The molecule has 1 amide bonds. The first-order valence-electron chi connectivity index (χ1n) is 5.83. The summed E-state index contributed by atoms with van der Waals surface area (Å²) in [4.78, 5) is 11.4. The van der Waals surface area contributed by atoms with Gasteiger partial charge >= 0.3 is 0 Å². The zero-order chi connectivity index (χ0) is 15.5. The van der Waals surface area contributed by atoms with Crippen LogP contribution in [0.3, 0.4) is 0 Å². The van der Waals surface area contributed by atoms with Gasteiger partial charge in [-0.05, 0) is 32.4 Å². The Bertz CT molecular complexity index is 616. The average molecular weight is 340 g/mol. The first-order chi connectivity index (χ1) is 9.20. The second kappa shape index (κ2) is 6.76. The molecule has 0 saturated carbocycles. The lowest BCUT2D eigenvalue weighted by Gasteiger charge is -2.14. The summed E-state index contributed by atoms with van der Waals surface area (Å²) < 4.78 is 31.3. The minimum Gasteiger partial charge on any atom is -0.369 e. The smallest absolute Gasteiger partial charge is 0.267 e. The van der Waals surface area contributed by atoms with E-state index in [4.69, 9.17) is 27.9 Å². The lowest BCUT2D eigenvalue weighted by atomic mass is 10.2. The molecule has 0 radical (unpaired) electrons. The molecule has 1 atom stereocenters. The molecule has 0 aliphatic carbocycles. The van der Waals surface area contributed by atoms with Gasteiger partial charge in [-0.1, -0.05) is 29.3 Å². The SMILES string of the molecule is CCOC(C)C(=O)NS(=O)(=O)c1c(Cl)ccc(C)c1Cl. The van der Waals surface area contributed by atoms with Gasteiger partial charge in [0.15, 0.2) is 0 Å². The number of rotatable bonds is 5. The van der Waals surface area contributed by atoms with E-state index in [0.29, 0.717) is 12.2 Å². The van der Waals surface area contributed by atoms with Gasteiger partial charge in [0.1, 0.15) is 11.0 Å². The van der Waals surface area contributed by atoms with Gasteiger partial charge < -0.3 is 4.74 Å². The van der Waals surface area contributed by atoms with Crippen LogP contribution in [0.15, 0.2) is 17.0 Å². The molecule has 8 heteroatoms. The molecule has 0 saturated heterocycles. The Hall–Kier alpha value is -0.820. The van der Waals surface area contributed by atoms with Crippen LogP contribution in [0.25, 0.3) is 0 Å². The zero-order valence-electron chi connectivity index (χ0n) is 11.2. The minimum absolute atomic E-state index is 0.0122. The number of nitrogens with one attached hydrogen (secondary N) is 1. The van der Waals surface area contributed by atoms with Gasteiger partial charge in [0.05, 0.1) is 10.0 Å². The van der Waals surface area contributed by atoms with Gasteiger partial charge in [0.2, 0.25) is 0 Å². The maximum absolute atomic E-state index is 12.2. The number of hydrogen-bond donors (Lipinski definition) is 1. The molecule has 1 rings (SSSR count). The Morgan fingerprint density at radius 2 is 2.00 bits per heavy atom. The fourth-order valence-electron chi connectivity index (χ4n) is 1.47. The van der Waals surface area contributed by atoms with Gasteiger partial charge in [-0.15, -0.1) is 0 Å². The quantitative estimate of drug-likeness (QED) is 0.894. The Morgan fingerprint density at radius 1 is 1.40 bits per heavy atom. The van der Waals surface area contributed by atoms with E-state index in [1.54, 1.807) is 19.9 Å². The highest BCUT2D eigenvalue weighted by Gasteiger charge is 2.27. The molecule has 0 fully saturated rings. The maximum atomic E-state index is 12.2. The van der Waals surface area contributed by atoms with E-state index in [-0.39, 0.29) is 14.9 Å². The van der Waals surface area contributed by atoms with Crippen molar-refractivity contribution >= 4 is 39.1 Å². The standard InChI is InChI=1S/C12H15Cl2NO4S/c1-4-19-8(3)12(16)15-20(17,18)11-9(13)6-5-7(2)10(11)14/h5-6,8H,4H2,1-3H3,(H,15,16). The van der Waals surface area contributed by atoms with Crippen LogP contribution in [0.5, 0.6) is 0 Å². The fourth-order valence-corrected chi connectivity index (χ4v) is 3.70. The van der Waals surface area contributed by atoms with Crippen molar-refractivity contribution in [2.75, 3.05) is 6.61 Å². The number of carbonyl (C=O) groups excluding carboxylic acids is 1. The number of carbonyl (C=O) groups is 1. The Kier molecular flexibility index (Phi) is 5.82. The Morgan fingerprint density at radius 3 is 2.55 bits per heavy atom. The summed E-state index contributed by atoms with van der Waals surface area (Å²) >= 11 is 11.8. The summed E-state index contributed by atoms with van der Waals surface area (Å²) in [5, 5.41) is -0.0631. The van der Waals surface area contributed by atoms with Crippen molar-refractivity contribution < 1.29 is 17.9 Å². The van der Waals surface area contributed by atoms with Crippen LogP contribution in [0.2, 0.25) is 10.0 Å². The third-order valence-electron chi connectivity index (χ3n) is 2.53. The molecular weight excluding hydrogens is 325 g/mol. The monoisotopic (exact) mass is 339 g/mol. The van der Waals surface area contributed by atoms with Gasteiger partial charge in [0, 0.05) is 6.61 Å². The average Bonchev–Trinajstić information content (AvgIpc) is 2.33. The summed E-state index contributed by atoms with van der Waals surface area (Å²) in [6.07, 6.45) is -0.892. The van der Waals surface area contributed by atoms with Crippen LogP contribution < -0.4 is 4.72 Å². The van der Waals surface area contributed by atoms with Gasteiger partial charge in [-0.2, -0.15) is 0 Å². The summed E-state index contributed by atoms with van der Waals surface area (Å²) in [7, 11) is -4.15. The summed E-state index contributed by atoms with van der Waals surface area (Å²) in [5.74, 6) is -0.777. The number of aryl methyl sites for hydroxylation is 1. The van der Waals surface area contributed by atoms with E-state index in [1.807, 2.05) is 4.72 Å². The molecule has 1 unspecified atom stereocenters. The zero-order valence-corrected chi connectivity index (χ0v) is 13.6. The Balaban J connectivity index is 3.13. The van der Waals surface area contributed by atoms with E-state index in [0.717, 1.165) is 0 Å². The number of halogens is 2. The molecule has 0 bridgehead atoms. The molecule has 1 aromatic rings. The highest BCUT2D eigenvalue weighted by Crippen LogP contribution is 2.31. The molecule has 1 aromatic carbocycles. The number of amides is 1. The third-order valence-corrected chi connectivity index (χ3v) is 4.99. The first-order valence-corrected chi connectivity index (χ1v) is 8.07. The molecule has 0 aromatic heterocycles. The lowest BCUT2D eigenvalue weighted by Crippen LogP contribution is -2.38. The topological polar surface area (TPSA) is 72.5 Å². The van der Waals surface area contributed by atoms with E-state index in [9.17, 15) is 13.2 Å². The van der Waals surface area contributed by atoms with E-state index >= 15 is 0 Å². The highest BCUT2D eigenvalue weighted by molar-refractivity contribution is 7.90. The third kappa shape index (κ3) is 3.85. The largest absolute Gasteiger partial charge is 0.369 e. The molecule has 0 aliphatic rings. The van der Waals surface area contributed by atoms with Gasteiger partial charge in [0.25, 0.3) is 15.9 Å². The van der Waals surface area contributed by atoms with Crippen molar-refractivity contribution in [1.29, 1.82) is 0 Å². The molecule has 0 heterocycles. The molecule has 5 nitrogen and oxygen atoms in total. The predicted octanol–water partition coefficient (Wildman–Crippen LogP) is 2.53. The maximum Gasteiger partial charge on any atom is 0.267 e. The highest BCUT2D eigenvalue weighted by atomic mass is 35.5. The normalized spacial score (nSPS) is 13.1. The number of benzene rings is 1. The van der Waals surface area contributed by atoms with Crippen LogP contribution in [0, 0.1) is 6.92 Å². The van der Waals surface area contributed by atoms with E-state index < -0.39 is 22.0 Å². The van der Waals surface area contributed by atoms with Crippen molar-refractivity contribution in [2.45, 2.75) is 31.8 Å². The van der Waals surface area contributed by atoms with Crippen molar-refractivity contribution in [1.82, 2.24) is 4.72 Å². The van der Waals surface area contributed by atoms with Crippen LogP contribution in [-0.2, 0) is 19.6 Å². The summed E-state index contributed by atoms with van der Waals surface area (Å²) in [6, 6.07) is 3.00. The van der Waals surface area contributed by atoms with Crippen LogP contribution >= 0.6 is 23.2 Å². The lowest BCUT2D eigenvalue weighted by molar-refractivity contribution is -0.129. The van der Waals surface area contributed by atoms with E-state index in [2.05, 4.69) is 0 Å². The van der Waals surface area contributed by atoms with Crippen molar-refractivity contribution in [2.24, 2.45) is 0 Å². The minimum atomic E-state index is -4.15. The fraction of sp³-hybridized carbons (Fsp3) is 0.417. The number of ether oxygens (including phenoxy) is 1. The van der Waals surface area contributed by atoms with Crippen LogP contribution in [0.1, 0.15) is 19.4 Å². The second-order valence-corrected chi connectivity index (χ2v) is 6.48. The molecule has 112 valence electrons. The molecule has 1 N–H and O–H groups in total. The predicted molar refractivity (Wildman–Crippen MR) is 77.6 cm³/mol. The summed E-state index contributed by atoms with van der Waals surface area (Å²) in [5.41, 5.74) is 0.543. The number of hydrogen-bond acceptors (Lipinski definition) is 4. The van der Waals surface area contributed by atoms with Crippen molar-refractivity contribution in [3.63, 3.8) is 0 Å². The van der Waals surface area contributed by atoms with Crippen molar-refractivity contribution in [3.05, 3.63) is 27.7 Å². The van der Waals surface area contributed by atoms with Crippen LogP contribution in [0.4, 0.5) is 0 Å². The Labute approximate surface area is 128 Å². The molecule has 0 aliphatic heterocycles. The first kappa shape index (κ1) is 17.2. The van der Waals surface area contributed by atoms with Crippen LogP contribution in [-0.4, -0.2) is 27.0 Å². The molecular formula is C12H15Cl2NO4S. The number of sulfonamides is 1.